The second kappa shape index (κ2) is 6.88. The van der Waals surface area contributed by atoms with Crippen LogP contribution in [0.1, 0.15) is 31.7 Å². The highest BCUT2D eigenvalue weighted by atomic mass is 79.9. The number of unbranched alkanes of at least 4 members (excludes halogenated alkanes) is 2. The molecular formula is C15H15BrF2N2. The summed E-state index contributed by atoms with van der Waals surface area (Å²) in [6.07, 6.45) is 6.50. The summed E-state index contributed by atoms with van der Waals surface area (Å²) < 4.78 is 28.8. The van der Waals surface area contributed by atoms with Gasteiger partial charge in [0.2, 0.25) is 0 Å². The van der Waals surface area contributed by atoms with Crippen molar-refractivity contribution in [3.63, 3.8) is 0 Å². The van der Waals surface area contributed by atoms with Crippen LogP contribution in [0.2, 0.25) is 0 Å². The lowest BCUT2D eigenvalue weighted by molar-refractivity contribution is 0.498. The van der Waals surface area contributed by atoms with E-state index >= 15 is 0 Å². The van der Waals surface area contributed by atoms with Crippen molar-refractivity contribution in [1.29, 1.82) is 0 Å². The lowest BCUT2D eigenvalue weighted by atomic mass is 10.0. The van der Waals surface area contributed by atoms with Crippen LogP contribution in [0.15, 0.2) is 29.0 Å². The Labute approximate surface area is 125 Å². The van der Waals surface area contributed by atoms with E-state index in [-0.39, 0.29) is 11.4 Å². The Morgan fingerprint density at radius 1 is 1.05 bits per heavy atom. The fraction of sp³-hybridized carbons (Fsp3) is 0.333. The maximum Gasteiger partial charge on any atom is 0.170 e. The van der Waals surface area contributed by atoms with Gasteiger partial charge in [-0.25, -0.2) is 18.7 Å². The SMILES string of the molecule is CCCCCc1ccc(-c2ncc(Br)cn2)c(F)c1F. The van der Waals surface area contributed by atoms with E-state index in [0.29, 0.717) is 16.5 Å². The molecule has 1 heterocycles. The molecule has 106 valence electrons. The number of rotatable bonds is 5. The first kappa shape index (κ1) is 15.0. The van der Waals surface area contributed by atoms with Crippen LogP contribution in [-0.4, -0.2) is 9.97 Å². The van der Waals surface area contributed by atoms with Gasteiger partial charge in [-0.2, -0.15) is 0 Å². The summed E-state index contributed by atoms with van der Waals surface area (Å²) in [6, 6.07) is 3.16. The van der Waals surface area contributed by atoms with Gasteiger partial charge in [-0.05, 0) is 40.4 Å². The lowest BCUT2D eigenvalue weighted by Crippen LogP contribution is -1.99. The predicted molar refractivity (Wildman–Crippen MR) is 78.3 cm³/mol. The molecule has 0 bridgehead atoms. The standard InChI is InChI=1S/C15H15BrF2N2/c1-2-3-4-5-10-6-7-12(14(18)13(10)17)15-19-8-11(16)9-20-15/h6-9H,2-5H2,1H3. The minimum Gasteiger partial charge on any atom is -0.235 e. The number of hydrogen-bond acceptors (Lipinski definition) is 2. The van der Waals surface area contributed by atoms with E-state index in [1.807, 2.05) is 0 Å². The fourth-order valence-electron chi connectivity index (χ4n) is 1.97. The molecule has 0 spiro atoms. The van der Waals surface area contributed by atoms with Crippen LogP contribution in [0.5, 0.6) is 0 Å². The molecular weight excluding hydrogens is 326 g/mol. The molecule has 0 aliphatic heterocycles. The summed E-state index contributed by atoms with van der Waals surface area (Å²) in [6.45, 7) is 2.07. The Bertz CT molecular complexity index is 585. The molecule has 0 aliphatic rings. The van der Waals surface area contributed by atoms with E-state index in [0.717, 1.165) is 19.3 Å². The average Bonchev–Trinajstić information content (AvgIpc) is 2.45. The summed E-state index contributed by atoms with van der Waals surface area (Å²) in [4.78, 5) is 7.98. The molecule has 20 heavy (non-hydrogen) atoms. The molecule has 2 rings (SSSR count). The van der Waals surface area contributed by atoms with Crippen molar-refractivity contribution < 1.29 is 8.78 Å². The normalized spacial score (nSPS) is 10.8. The molecule has 0 saturated heterocycles. The van der Waals surface area contributed by atoms with Gasteiger partial charge in [-0.3, -0.25) is 0 Å². The van der Waals surface area contributed by atoms with Gasteiger partial charge in [0.1, 0.15) is 0 Å². The first-order valence-electron chi connectivity index (χ1n) is 6.58. The van der Waals surface area contributed by atoms with Crippen molar-refractivity contribution >= 4 is 15.9 Å². The van der Waals surface area contributed by atoms with Crippen LogP contribution < -0.4 is 0 Å². The van der Waals surface area contributed by atoms with Gasteiger partial charge in [0.15, 0.2) is 17.5 Å². The predicted octanol–water partition coefficient (Wildman–Crippen LogP) is 4.92. The topological polar surface area (TPSA) is 25.8 Å². The number of halogens is 3. The van der Waals surface area contributed by atoms with E-state index in [1.165, 1.54) is 12.4 Å². The summed E-state index contributed by atoms with van der Waals surface area (Å²) in [7, 11) is 0. The van der Waals surface area contributed by atoms with Crippen molar-refractivity contribution in [3.8, 4) is 11.4 Å². The Hall–Kier alpha value is -1.36. The maximum atomic E-state index is 14.1. The first-order valence-corrected chi connectivity index (χ1v) is 7.37. The van der Waals surface area contributed by atoms with Gasteiger partial charge < -0.3 is 0 Å². The summed E-state index contributed by atoms with van der Waals surface area (Å²) in [5, 5.41) is 0. The average molecular weight is 341 g/mol. The van der Waals surface area contributed by atoms with E-state index in [2.05, 4.69) is 32.8 Å². The third-order valence-corrected chi connectivity index (χ3v) is 3.48. The molecule has 0 amide bonds. The van der Waals surface area contributed by atoms with Gasteiger partial charge in [0, 0.05) is 12.4 Å². The molecule has 5 heteroatoms. The van der Waals surface area contributed by atoms with Crippen LogP contribution in [0, 0.1) is 11.6 Å². The van der Waals surface area contributed by atoms with E-state index in [9.17, 15) is 8.78 Å². The fourth-order valence-corrected chi connectivity index (χ4v) is 2.18. The van der Waals surface area contributed by atoms with Gasteiger partial charge in [-0.1, -0.05) is 25.8 Å². The second-order valence-electron chi connectivity index (χ2n) is 4.58. The Kier molecular flexibility index (Phi) is 5.17. The summed E-state index contributed by atoms with van der Waals surface area (Å²) >= 11 is 3.20. The Morgan fingerprint density at radius 2 is 1.75 bits per heavy atom. The van der Waals surface area contributed by atoms with Gasteiger partial charge in [0.25, 0.3) is 0 Å². The van der Waals surface area contributed by atoms with Crippen LogP contribution in [0.4, 0.5) is 8.78 Å². The minimum absolute atomic E-state index is 0.0919. The molecule has 0 unspecified atom stereocenters. The number of nitrogens with zero attached hydrogens (tertiary/aromatic N) is 2. The molecule has 1 aromatic heterocycles. The maximum absolute atomic E-state index is 14.1. The zero-order valence-corrected chi connectivity index (χ0v) is 12.8. The second-order valence-corrected chi connectivity index (χ2v) is 5.50. The molecule has 0 radical (unpaired) electrons. The molecule has 0 fully saturated rings. The number of aryl methyl sites for hydroxylation is 1. The van der Waals surface area contributed by atoms with Crippen molar-refractivity contribution in [1.82, 2.24) is 9.97 Å². The molecule has 2 nitrogen and oxygen atoms in total. The monoisotopic (exact) mass is 340 g/mol. The lowest BCUT2D eigenvalue weighted by Gasteiger charge is -2.07. The Balaban J connectivity index is 2.28. The van der Waals surface area contributed by atoms with Gasteiger partial charge >= 0.3 is 0 Å². The number of hydrogen-bond donors (Lipinski definition) is 0. The van der Waals surface area contributed by atoms with E-state index < -0.39 is 11.6 Å². The molecule has 0 aliphatic carbocycles. The molecule has 0 saturated carbocycles. The quantitative estimate of drug-likeness (QED) is 0.722. The van der Waals surface area contributed by atoms with Gasteiger partial charge in [-0.15, -0.1) is 0 Å². The summed E-state index contributed by atoms with van der Waals surface area (Å²) in [5.74, 6) is -1.48. The third kappa shape index (κ3) is 3.39. The largest absolute Gasteiger partial charge is 0.235 e. The third-order valence-electron chi connectivity index (χ3n) is 3.07. The van der Waals surface area contributed by atoms with Crippen LogP contribution in [0.25, 0.3) is 11.4 Å². The highest BCUT2D eigenvalue weighted by Crippen LogP contribution is 2.25. The number of benzene rings is 1. The molecule has 2 aromatic rings. The first-order chi connectivity index (χ1) is 9.63. The van der Waals surface area contributed by atoms with Crippen molar-refractivity contribution in [3.05, 3.63) is 46.2 Å². The van der Waals surface area contributed by atoms with Crippen molar-refractivity contribution in [2.75, 3.05) is 0 Å². The molecule has 1 aromatic carbocycles. The van der Waals surface area contributed by atoms with E-state index in [4.69, 9.17) is 0 Å². The number of aromatic nitrogens is 2. The summed E-state index contributed by atoms with van der Waals surface area (Å²) in [5.41, 5.74) is 0.506. The minimum atomic E-state index is -0.874. The zero-order chi connectivity index (χ0) is 14.5. The molecule has 0 N–H and O–H groups in total. The highest BCUT2D eigenvalue weighted by Gasteiger charge is 2.16. The Morgan fingerprint density at radius 3 is 2.40 bits per heavy atom. The van der Waals surface area contributed by atoms with Crippen LogP contribution >= 0.6 is 15.9 Å². The zero-order valence-electron chi connectivity index (χ0n) is 11.2. The molecule has 0 atom stereocenters. The van der Waals surface area contributed by atoms with E-state index in [1.54, 1.807) is 12.1 Å². The van der Waals surface area contributed by atoms with Crippen LogP contribution in [-0.2, 0) is 6.42 Å². The van der Waals surface area contributed by atoms with Crippen molar-refractivity contribution in [2.24, 2.45) is 0 Å². The van der Waals surface area contributed by atoms with Gasteiger partial charge in [0.05, 0.1) is 10.0 Å². The smallest absolute Gasteiger partial charge is 0.170 e. The highest BCUT2D eigenvalue weighted by molar-refractivity contribution is 9.10. The van der Waals surface area contributed by atoms with Crippen LogP contribution in [0.3, 0.4) is 0 Å². The van der Waals surface area contributed by atoms with Crippen molar-refractivity contribution in [2.45, 2.75) is 32.6 Å².